The van der Waals surface area contributed by atoms with Gasteiger partial charge in [0.1, 0.15) is 5.75 Å². The number of benzene rings is 3. The quantitative estimate of drug-likeness (QED) is 0.472. The Kier molecular flexibility index (Phi) is 4.90. The van der Waals surface area contributed by atoms with Crippen LogP contribution in [0.15, 0.2) is 77.2 Å². The van der Waals surface area contributed by atoms with Crippen LogP contribution in [0.4, 0.5) is 0 Å². The number of aromatic nitrogens is 2. The number of ether oxygens (including phenoxy) is 1. The van der Waals surface area contributed by atoms with Gasteiger partial charge in [0.05, 0.1) is 7.11 Å². The minimum atomic E-state index is 0.473. The molecule has 1 aromatic heterocycles. The first-order valence-electron chi connectivity index (χ1n) is 8.88. The summed E-state index contributed by atoms with van der Waals surface area (Å²) in [6.45, 7) is 2.06. The van der Waals surface area contributed by atoms with E-state index in [1.807, 2.05) is 60.7 Å². The van der Waals surface area contributed by atoms with Gasteiger partial charge in [0, 0.05) is 22.3 Å². The fourth-order valence-corrected chi connectivity index (χ4v) is 2.67. The Labute approximate surface area is 163 Å². The zero-order valence-electron chi connectivity index (χ0n) is 15.6. The van der Waals surface area contributed by atoms with E-state index in [0.717, 1.165) is 28.0 Å². The van der Waals surface area contributed by atoms with Crippen LogP contribution in [0.5, 0.6) is 5.75 Å². The van der Waals surface area contributed by atoms with Crippen molar-refractivity contribution in [2.24, 2.45) is 0 Å². The van der Waals surface area contributed by atoms with Crippen molar-refractivity contribution in [3.05, 3.63) is 89.5 Å². The van der Waals surface area contributed by atoms with Gasteiger partial charge >= 0.3 is 0 Å². The third-order valence-corrected chi connectivity index (χ3v) is 4.30. The van der Waals surface area contributed by atoms with Crippen LogP contribution in [0.2, 0.25) is 0 Å². The van der Waals surface area contributed by atoms with E-state index in [-0.39, 0.29) is 0 Å². The first-order chi connectivity index (χ1) is 13.7. The molecule has 4 nitrogen and oxygen atoms in total. The lowest BCUT2D eigenvalue weighted by molar-refractivity contribution is 0.415. The Morgan fingerprint density at radius 3 is 1.64 bits per heavy atom. The lowest BCUT2D eigenvalue weighted by atomic mass is 10.1. The van der Waals surface area contributed by atoms with Gasteiger partial charge in [-0.3, -0.25) is 0 Å². The molecule has 0 amide bonds. The van der Waals surface area contributed by atoms with Crippen molar-refractivity contribution in [3.63, 3.8) is 0 Å². The third kappa shape index (κ3) is 3.94. The lowest BCUT2D eigenvalue weighted by Crippen LogP contribution is -1.82. The zero-order valence-corrected chi connectivity index (χ0v) is 15.6. The maximum Gasteiger partial charge on any atom is 0.248 e. The molecule has 3 aromatic carbocycles. The maximum atomic E-state index is 5.81. The van der Waals surface area contributed by atoms with Crippen LogP contribution in [0.25, 0.3) is 22.9 Å². The molecule has 0 unspecified atom stereocenters. The Bertz CT molecular complexity index is 1130. The molecule has 0 aliphatic heterocycles. The van der Waals surface area contributed by atoms with Crippen LogP contribution in [-0.4, -0.2) is 17.3 Å². The molecule has 1 heterocycles. The first kappa shape index (κ1) is 17.6. The van der Waals surface area contributed by atoms with Crippen molar-refractivity contribution in [2.45, 2.75) is 6.92 Å². The summed E-state index contributed by atoms with van der Waals surface area (Å²) >= 11 is 0. The second-order valence-corrected chi connectivity index (χ2v) is 6.33. The molecule has 4 aromatic rings. The van der Waals surface area contributed by atoms with E-state index in [0.29, 0.717) is 11.8 Å². The van der Waals surface area contributed by atoms with Gasteiger partial charge in [0.2, 0.25) is 11.8 Å². The summed E-state index contributed by atoms with van der Waals surface area (Å²) in [5.41, 5.74) is 4.85. The fraction of sp³-hybridized carbons (Fsp3) is 0.0833. The molecule has 0 spiro atoms. The Balaban J connectivity index is 1.51. The molecule has 0 atom stereocenters. The molecule has 0 saturated carbocycles. The summed E-state index contributed by atoms with van der Waals surface area (Å²) < 4.78 is 11.0. The van der Waals surface area contributed by atoms with Gasteiger partial charge in [-0.15, -0.1) is 10.2 Å². The molecular formula is C24H18N2O2. The van der Waals surface area contributed by atoms with Gasteiger partial charge in [0.15, 0.2) is 0 Å². The van der Waals surface area contributed by atoms with Crippen LogP contribution in [-0.2, 0) is 0 Å². The number of nitrogens with zero attached hydrogens (tertiary/aromatic N) is 2. The highest BCUT2D eigenvalue weighted by atomic mass is 16.5. The summed E-state index contributed by atoms with van der Waals surface area (Å²) in [6, 6.07) is 23.4. The van der Waals surface area contributed by atoms with E-state index in [9.17, 15) is 0 Å². The molecule has 0 aliphatic carbocycles. The van der Waals surface area contributed by atoms with E-state index >= 15 is 0 Å². The number of hydrogen-bond acceptors (Lipinski definition) is 4. The van der Waals surface area contributed by atoms with Gasteiger partial charge < -0.3 is 9.15 Å². The monoisotopic (exact) mass is 366 g/mol. The van der Waals surface area contributed by atoms with Crippen LogP contribution >= 0.6 is 0 Å². The van der Waals surface area contributed by atoms with Crippen molar-refractivity contribution < 1.29 is 9.15 Å². The number of methoxy groups -OCH3 is 1. The summed E-state index contributed by atoms with van der Waals surface area (Å²) in [7, 11) is 1.63. The average molecular weight is 366 g/mol. The molecule has 4 rings (SSSR count). The van der Waals surface area contributed by atoms with E-state index in [4.69, 9.17) is 9.15 Å². The van der Waals surface area contributed by atoms with Gasteiger partial charge in [-0.05, 0) is 67.6 Å². The van der Waals surface area contributed by atoms with Gasteiger partial charge in [0.25, 0.3) is 0 Å². The zero-order chi connectivity index (χ0) is 19.3. The van der Waals surface area contributed by atoms with E-state index in [2.05, 4.69) is 41.1 Å². The second-order valence-electron chi connectivity index (χ2n) is 6.33. The normalized spacial score (nSPS) is 10.2. The lowest BCUT2D eigenvalue weighted by Gasteiger charge is -1.99. The molecular weight excluding hydrogens is 348 g/mol. The van der Waals surface area contributed by atoms with Crippen molar-refractivity contribution >= 4 is 0 Å². The summed E-state index contributed by atoms with van der Waals surface area (Å²) in [5.74, 6) is 8.08. The molecule has 0 radical (unpaired) electrons. The van der Waals surface area contributed by atoms with Gasteiger partial charge in [-0.1, -0.05) is 29.5 Å². The van der Waals surface area contributed by atoms with Crippen molar-refractivity contribution in [1.82, 2.24) is 10.2 Å². The van der Waals surface area contributed by atoms with Crippen LogP contribution < -0.4 is 4.74 Å². The Hall–Kier alpha value is -3.84. The highest BCUT2D eigenvalue weighted by Crippen LogP contribution is 2.25. The van der Waals surface area contributed by atoms with Crippen molar-refractivity contribution in [1.29, 1.82) is 0 Å². The van der Waals surface area contributed by atoms with Gasteiger partial charge in [-0.2, -0.15) is 0 Å². The topological polar surface area (TPSA) is 48.2 Å². The highest BCUT2D eigenvalue weighted by Gasteiger charge is 2.10. The molecule has 0 saturated heterocycles. The van der Waals surface area contributed by atoms with E-state index in [1.54, 1.807) is 7.11 Å². The summed E-state index contributed by atoms with van der Waals surface area (Å²) in [6.07, 6.45) is 0. The second kappa shape index (κ2) is 7.81. The predicted molar refractivity (Wildman–Crippen MR) is 109 cm³/mol. The highest BCUT2D eigenvalue weighted by molar-refractivity contribution is 5.59. The van der Waals surface area contributed by atoms with Crippen LogP contribution in [0.3, 0.4) is 0 Å². The fourth-order valence-electron chi connectivity index (χ4n) is 2.67. The van der Waals surface area contributed by atoms with Crippen molar-refractivity contribution in [2.75, 3.05) is 7.11 Å². The largest absolute Gasteiger partial charge is 0.497 e. The van der Waals surface area contributed by atoms with Crippen LogP contribution in [0, 0.1) is 18.8 Å². The van der Waals surface area contributed by atoms with Crippen LogP contribution in [0.1, 0.15) is 16.7 Å². The van der Waals surface area contributed by atoms with E-state index in [1.165, 1.54) is 5.56 Å². The van der Waals surface area contributed by atoms with Crippen molar-refractivity contribution in [3.8, 4) is 40.5 Å². The number of hydrogen-bond donors (Lipinski definition) is 0. The standard InChI is InChI=1S/C24H18N2O2/c1-17-3-5-18(6-4-17)7-8-19-9-11-20(12-10-19)23-25-26-24(28-23)21-13-15-22(27-2)16-14-21/h3-6,9-16H,1-2H3. The Morgan fingerprint density at radius 1 is 0.679 bits per heavy atom. The minimum Gasteiger partial charge on any atom is -0.497 e. The summed E-state index contributed by atoms with van der Waals surface area (Å²) in [5, 5.41) is 8.29. The third-order valence-electron chi connectivity index (χ3n) is 4.30. The van der Waals surface area contributed by atoms with E-state index < -0.39 is 0 Å². The minimum absolute atomic E-state index is 0.473. The maximum absolute atomic E-state index is 5.81. The number of aryl methyl sites for hydroxylation is 1. The predicted octanol–water partition coefficient (Wildman–Crippen LogP) is 5.12. The van der Waals surface area contributed by atoms with Gasteiger partial charge in [-0.25, -0.2) is 0 Å². The number of rotatable bonds is 3. The summed E-state index contributed by atoms with van der Waals surface area (Å²) in [4.78, 5) is 0. The SMILES string of the molecule is COc1ccc(-c2nnc(-c3ccc(C#Cc4ccc(C)cc4)cc3)o2)cc1. The first-order valence-corrected chi connectivity index (χ1v) is 8.88. The molecule has 28 heavy (non-hydrogen) atoms. The molecule has 0 aliphatic rings. The molecule has 0 N–H and O–H groups in total. The smallest absolute Gasteiger partial charge is 0.248 e. The molecule has 136 valence electrons. The average Bonchev–Trinajstić information content (AvgIpc) is 3.24. The Morgan fingerprint density at radius 2 is 1.14 bits per heavy atom. The molecule has 0 fully saturated rings. The molecule has 4 heteroatoms. The molecule has 0 bridgehead atoms.